The minimum Gasteiger partial charge on any atom is -0.505 e. The number of nitrogens with one attached hydrogen (secondary N) is 2. The molecule has 0 atom stereocenters. The Morgan fingerprint density at radius 2 is 2.31 bits per heavy atom. The van der Waals surface area contributed by atoms with E-state index in [4.69, 9.17) is 21.5 Å². The molecule has 0 aliphatic carbocycles. The monoisotopic (exact) mass is 221 g/mol. The summed E-state index contributed by atoms with van der Waals surface area (Å²) < 4.78 is 12.9. The number of phenolic OH excluding ortho intramolecular Hbond substituents is 1. The van der Waals surface area contributed by atoms with Crippen LogP contribution in [-0.2, 0) is 0 Å². The highest BCUT2D eigenvalue weighted by Gasteiger charge is 2.03. The number of hydrogen-bond acceptors (Lipinski definition) is 5. The van der Waals surface area contributed by atoms with Crippen molar-refractivity contribution < 1.29 is 9.50 Å². The predicted molar refractivity (Wildman–Crippen MR) is 56.6 cm³/mol. The number of hydrazone groups is 1. The molecule has 1 rings (SSSR count). The third kappa shape index (κ3) is 2.68. The van der Waals surface area contributed by atoms with Gasteiger partial charge in [-0.1, -0.05) is 0 Å². The summed E-state index contributed by atoms with van der Waals surface area (Å²) >= 11 is 0. The van der Waals surface area contributed by atoms with Gasteiger partial charge in [0.15, 0.2) is 17.4 Å². The fourth-order valence-corrected chi connectivity index (χ4v) is 0.842. The minimum absolute atomic E-state index is 0.226. The highest BCUT2D eigenvalue weighted by molar-refractivity contribution is 6.45. The molecule has 1 aromatic carbocycles. The van der Waals surface area contributed by atoms with Crippen LogP contribution < -0.4 is 11.2 Å². The molecule has 16 heavy (non-hydrogen) atoms. The average molecular weight is 221 g/mol. The number of phenols is 1. The lowest BCUT2D eigenvalue weighted by molar-refractivity contribution is 0.432. The van der Waals surface area contributed by atoms with Crippen LogP contribution in [0.5, 0.6) is 5.75 Å². The lowest BCUT2D eigenvalue weighted by atomic mass is 10.3. The van der Waals surface area contributed by atoms with E-state index < -0.39 is 17.4 Å². The maximum absolute atomic E-state index is 12.9. The van der Waals surface area contributed by atoms with E-state index in [1.54, 1.807) is 6.07 Å². The molecule has 0 aliphatic heterocycles. The summed E-state index contributed by atoms with van der Waals surface area (Å²) in [6, 6.07) is 5.08. The van der Waals surface area contributed by atoms with Gasteiger partial charge >= 0.3 is 0 Å². The molecular weight excluding hydrogens is 213 g/mol. The topological polar surface area (TPSA) is 118 Å². The van der Waals surface area contributed by atoms with Crippen LogP contribution in [0.25, 0.3) is 0 Å². The summed E-state index contributed by atoms with van der Waals surface area (Å²) in [5, 5.41) is 27.9. The lowest BCUT2D eigenvalue weighted by Crippen LogP contribution is -2.21. The van der Waals surface area contributed by atoms with Crippen LogP contribution in [0.2, 0.25) is 0 Å². The lowest BCUT2D eigenvalue weighted by Gasteiger charge is -2.01. The Morgan fingerprint density at radius 1 is 1.62 bits per heavy atom. The second-order valence-electron chi connectivity index (χ2n) is 2.76. The molecule has 1 aromatic rings. The number of nitrogens with two attached hydrogens (primary N) is 1. The number of nitrogens with zero attached hydrogens (tertiary/aromatic N) is 2. The Balaban J connectivity index is 2.86. The van der Waals surface area contributed by atoms with Crippen molar-refractivity contribution in [3.8, 4) is 11.8 Å². The number of amidine groups is 1. The van der Waals surface area contributed by atoms with Crippen molar-refractivity contribution in [1.82, 2.24) is 0 Å². The summed E-state index contributed by atoms with van der Waals surface area (Å²) in [6.07, 6.45) is 0. The van der Waals surface area contributed by atoms with Gasteiger partial charge in [-0.25, -0.2) is 4.39 Å². The van der Waals surface area contributed by atoms with Crippen LogP contribution in [0, 0.1) is 22.6 Å². The maximum Gasteiger partial charge on any atom is 0.201 e. The summed E-state index contributed by atoms with van der Waals surface area (Å²) in [7, 11) is 0. The quantitative estimate of drug-likeness (QED) is 0.261. The van der Waals surface area contributed by atoms with E-state index in [2.05, 4.69) is 10.5 Å². The number of rotatable bonds is 3. The highest BCUT2D eigenvalue weighted by Crippen LogP contribution is 2.19. The van der Waals surface area contributed by atoms with E-state index in [1.807, 2.05) is 0 Å². The minimum atomic E-state index is -0.818. The normalized spacial score (nSPS) is 10.6. The third-order valence-electron chi connectivity index (χ3n) is 1.61. The van der Waals surface area contributed by atoms with E-state index >= 15 is 0 Å². The Labute approximate surface area is 90.3 Å². The van der Waals surface area contributed by atoms with Crippen molar-refractivity contribution in [3.63, 3.8) is 0 Å². The van der Waals surface area contributed by atoms with E-state index in [0.717, 1.165) is 12.1 Å². The first-order valence-corrected chi connectivity index (χ1v) is 4.11. The highest BCUT2D eigenvalue weighted by atomic mass is 19.1. The summed E-state index contributed by atoms with van der Waals surface area (Å²) in [4.78, 5) is 0. The molecule has 0 aromatic heterocycles. The van der Waals surface area contributed by atoms with Crippen molar-refractivity contribution in [2.75, 3.05) is 5.43 Å². The smallest absolute Gasteiger partial charge is 0.201 e. The first-order valence-electron chi connectivity index (χ1n) is 4.11. The molecule has 5 N–H and O–H groups in total. The van der Waals surface area contributed by atoms with Crippen LogP contribution in [0.1, 0.15) is 0 Å². The largest absolute Gasteiger partial charge is 0.505 e. The molecule has 0 fully saturated rings. The van der Waals surface area contributed by atoms with E-state index in [9.17, 15) is 4.39 Å². The van der Waals surface area contributed by atoms with Gasteiger partial charge in [-0.05, 0) is 12.1 Å². The first kappa shape index (κ1) is 11.5. The van der Waals surface area contributed by atoms with Gasteiger partial charge in [0, 0.05) is 6.07 Å². The second-order valence-corrected chi connectivity index (χ2v) is 2.76. The van der Waals surface area contributed by atoms with Crippen LogP contribution in [0.15, 0.2) is 23.3 Å². The van der Waals surface area contributed by atoms with Crippen molar-refractivity contribution in [2.24, 2.45) is 10.8 Å². The molecule has 0 amide bonds. The van der Waals surface area contributed by atoms with E-state index in [1.165, 1.54) is 6.07 Å². The van der Waals surface area contributed by atoms with Crippen LogP contribution in [-0.4, -0.2) is 16.7 Å². The van der Waals surface area contributed by atoms with Crippen molar-refractivity contribution >= 4 is 17.2 Å². The Bertz CT molecular complexity index is 491. The van der Waals surface area contributed by atoms with Gasteiger partial charge in [0.25, 0.3) is 0 Å². The standard InChI is InChI=1S/C9H8FN5O/c10-6-3-5(1-2-8(6)16)14-15-7(4-11)9(12)13/h1-3,14,16H,(H3,12,13)/b15-7+. The van der Waals surface area contributed by atoms with Gasteiger partial charge < -0.3 is 10.8 Å². The summed E-state index contributed by atoms with van der Waals surface area (Å²) in [6.45, 7) is 0. The number of nitriles is 1. The number of anilines is 1. The molecular formula is C9H8FN5O. The molecule has 82 valence electrons. The van der Waals surface area contributed by atoms with Crippen LogP contribution in [0.3, 0.4) is 0 Å². The number of halogens is 1. The maximum atomic E-state index is 12.9. The van der Waals surface area contributed by atoms with Gasteiger partial charge in [0.1, 0.15) is 6.07 Å². The van der Waals surface area contributed by atoms with E-state index in [0.29, 0.717) is 0 Å². The molecule has 0 bridgehead atoms. The van der Waals surface area contributed by atoms with Crippen molar-refractivity contribution in [3.05, 3.63) is 24.0 Å². The Kier molecular flexibility index (Phi) is 3.40. The molecule has 0 spiro atoms. The zero-order valence-electron chi connectivity index (χ0n) is 8.03. The zero-order chi connectivity index (χ0) is 12.1. The summed E-state index contributed by atoms with van der Waals surface area (Å²) in [5.41, 5.74) is 7.29. The van der Waals surface area contributed by atoms with Gasteiger partial charge in [-0.2, -0.15) is 10.4 Å². The summed E-state index contributed by atoms with van der Waals surface area (Å²) in [5.74, 6) is -1.79. The fraction of sp³-hybridized carbons (Fsp3) is 0. The van der Waals surface area contributed by atoms with E-state index in [-0.39, 0.29) is 11.4 Å². The molecule has 7 heteroatoms. The van der Waals surface area contributed by atoms with Gasteiger partial charge in [-0.3, -0.25) is 10.8 Å². The third-order valence-corrected chi connectivity index (χ3v) is 1.61. The van der Waals surface area contributed by atoms with Crippen molar-refractivity contribution in [2.45, 2.75) is 0 Å². The zero-order valence-corrected chi connectivity index (χ0v) is 8.03. The molecule has 0 aliphatic rings. The predicted octanol–water partition coefficient (Wildman–Crippen LogP) is 0.759. The Morgan fingerprint density at radius 3 is 2.81 bits per heavy atom. The molecule has 0 saturated heterocycles. The molecule has 0 heterocycles. The van der Waals surface area contributed by atoms with Gasteiger partial charge in [-0.15, -0.1) is 0 Å². The van der Waals surface area contributed by atoms with Gasteiger partial charge in [0.05, 0.1) is 5.69 Å². The molecule has 6 nitrogen and oxygen atoms in total. The molecule has 0 radical (unpaired) electrons. The number of aromatic hydroxyl groups is 1. The SMILES string of the molecule is N#C/C(=N\Nc1ccc(O)c(F)c1)C(=N)N. The second kappa shape index (κ2) is 4.75. The average Bonchev–Trinajstić information content (AvgIpc) is 2.23. The van der Waals surface area contributed by atoms with Gasteiger partial charge in [0.2, 0.25) is 5.71 Å². The van der Waals surface area contributed by atoms with Crippen LogP contribution >= 0.6 is 0 Å². The van der Waals surface area contributed by atoms with Crippen LogP contribution in [0.4, 0.5) is 10.1 Å². The van der Waals surface area contributed by atoms with Crippen molar-refractivity contribution in [1.29, 1.82) is 10.7 Å². The first-order chi connectivity index (χ1) is 7.54. The number of hydrogen-bond donors (Lipinski definition) is 4. The Hall–Kier alpha value is -2.62. The number of benzene rings is 1. The molecule has 0 saturated carbocycles. The molecule has 0 unspecified atom stereocenters. The fourth-order valence-electron chi connectivity index (χ4n) is 0.842.